The molecule has 25 heavy (non-hydrogen) atoms. The van der Waals surface area contributed by atoms with E-state index in [1.165, 1.54) is 11.3 Å². The lowest BCUT2D eigenvalue weighted by atomic mass is 10.1. The number of hydrogen-bond donors (Lipinski definition) is 0. The standard InChI is InChI=1S/C19H14N2O3S/c1-23-15-8-7-12(10-16(15)24-2)9-13(11-20)19-21-18(22)14-5-3-4-6-17(14)25-19/h3-10H,1-2H3/b13-9+. The van der Waals surface area contributed by atoms with Crippen molar-refractivity contribution in [2.45, 2.75) is 0 Å². The molecular formula is C19H14N2O3S. The summed E-state index contributed by atoms with van der Waals surface area (Å²) in [4.78, 5) is 16.2. The number of ether oxygens (including phenoxy) is 2. The number of allylic oxidation sites excluding steroid dienone is 1. The molecule has 0 unspecified atom stereocenters. The summed E-state index contributed by atoms with van der Waals surface area (Å²) in [6, 6.07) is 14.7. The third-order valence-electron chi connectivity index (χ3n) is 3.60. The first kappa shape index (κ1) is 16.7. The molecule has 1 aromatic heterocycles. The molecule has 0 fully saturated rings. The van der Waals surface area contributed by atoms with Crippen molar-refractivity contribution in [3.05, 3.63) is 63.4 Å². The fourth-order valence-corrected chi connectivity index (χ4v) is 3.34. The SMILES string of the molecule is COc1ccc(/C=C(\C#N)c2nc(=O)c3ccccc3s2)cc1OC. The molecule has 0 N–H and O–H groups in total. The van der Waals surface area contributed by atoms with Crippen molar-refractivity contribution in [2.75, 3.05) is 14.2 Å². The molecule has 0 spiro atoms. The van der Waals surface area contributed by atoms with E-state index in [9.17, 15) is 10.1 Å². The molecule has 2 aromatic carbocycles. The zero-order chi connectivity index (χ0) is 17.8. The van der Waals surface area contributed by atoms with Crippen molar-refractivity contribution < 1.29 is 9.47 Å². The van der Waals surface area contributed by atoms with Gasteiger partial charge in [0.15, 0.2) is 11.5 Å². The zero-order valence-corrected chi connectivity index (χ0v) is 14.5. The maximum absolute atomic E-state index is 12.2. The van der Waals surface area contributed by atoms with E-state index < -0.39 is 0 Å². The number of aromatic nitrogens is 1. The molecule has 0 aliphatic rings. The van der Waals surface area contributed by atoms with E-state index in [-0.39, 0.29) is 5.56 Å². The number of rotatable bonds is 4. The average Bonchev–Trinajstić information content (AvgIpc) is 2.65. The Hall–Kier alpha value is -3.17. The quantitative estimate of drug-likeness (QED) is 0.670. The van der Waals surface area contributed by atoms with Crippen LogP contribution in [0.5, 0.6) is 11.5 Å². The fourth-order valence-electron chi connectivity index (χ4n) is 2.38. The molecule has 0 saturated heterocycles. The van der Waals surface area contributed by atoms with Crippen LogP contribution in [0.15, 0.2) is 47.3 Å². The topological polar surface area (TPSA) is 72.2 Å². The third kappa shape index (κ3) is 3.37. The number of methoxy groups -OCH3 is 2. The van der Waals surface area contributed by atoms with Crippen LogP contribution in [0.2, 0.25) is 0 Å². The Morgan fingerprint density at radius 3 is 2.64 bits per heavy atom. The Labute approximate surface area is 148 Å². The van der Waals surface area contributed by atoms with Crippen LogP contribution < -0.4 is 15.0 Å². The minimum atomic E-state index is -0.335. The molecule has 0 radical (unpaired) electrons. The summed E-state index contributed by atoms with van der Waals surface area (Å²) in [6.45, 7) is 0. The van der Waals surface area contributed by atoms with Crippen LogP contribution in [0.4, 0.5) is 0 Å². The van der Waals surface area contributed by atoms with Gasteiger partial charge in [0.05, 0.1) is 25.2 Å². The van der Waals surface area contributed by atoms with Gasteiger partial charge in [0.25, 0.3) is 5.56 Å². The molecule has 124 valence electrons. The summed E-state index contributed by atoms with van der Waals surface area (Å²) in [5, 5.41) is 10.5. The molecular weight excluding hydrogens is 336 g/mol. The van der Waals surface area contributed by atoms with Crippen molar-refractivity contribution in [3.8, 4) is 17.6 Å². The molecule has 0 amide bonds. The minimum Gasteiger partial charge on any atom is -0.493 e. The van der Waals surface area contributed by atoms with Crippen molar-refractivity contribution in [3.63, 3.8) is 0 Å². The Morgan fingerprint density at radius 1 is 1.16 bits per heavy atom. The number of benzene rings is 2. The Balaban J connectivity index is 2.10. The van der Waals surface area contributed by atoms with E-state index in [0.717, 1.165) is 10.3 Å². The second kappa shape index (κ2) is 7.16. The first-order valence-electron chi connectivity index (χ1n) is 7.40. The van der Waals surface area contributed by atoms with Crippen LogP contribution in [-0.4, -0.2) is 19.2 Å². The highest BCUT2D eigenvalue weighted by atomic mass is 32.1. The van der Waals surface area contributed by atoms with Crippen LogP contribution in [0.1, 0.15) is 10.6 Å². The van der Waals surface area contributed by atoms with E-state index in [0.29, 0.717) is 27.5 Å². The number of nitrogens with zero attached hydrogens (tertiary/aromatic N) is 2. The van der Waals surface area contributed by atoms with E-state index in [1.807, 2.05) is 18.2 Å². The smallest absolute Gasteiger partial charge is 0.279 e. The number of nitriles is 1. The van der Waals surface area contributed by atoms with Gasteiger partial charge in [-0.3, -0.25) is 4.79 Å². The van der Waals surface area contributed by atoms with Gasteiger partial charge in [-0.25, -0.2) is 0 Å². The number of hydrogen-bond acceptors (Lipinski definition) is 6. The maximum atomic E-state index is 12.2. The van der Waals surface area contributed by atoms with Gasteiger partial charge in [0, 0.05) is 4.70 Å². The third-order valence-corrected chi connectivity index (χ3v) is 4.68. The van der Waals surface area contributed by atoms with Crippen LogP contribution in [0, 0.1) is 11.3 Å². The monoisotopic (exact) mass is 350 g/mol. The average molecular weight is 350 g/mol. The normalized spacial score (nSPS) is 11.2. The molecule has 0 aliphatic carbocycles. The van der Waals surface area contributed by atoms with Gasteiger partial charge in [-0.15, -0.1) is 11.3 Å². The summed E-state index contributed by atoms with van der Waals surface area (Å²) in [5.74, 6) is 1.17. The van der Waals surface area contributed by atoms with Crippen molar-refractivity contribution in [2.24, 2.45) is 0 Å². The molecule has 5 nitrogen and oxygen atoms in total. The summed E-state index contributed by atoms with van der Waals surface area (Å²) in [5.41, 5.74) is 0.738. The van der Waals surface area contributed by atoms with Gasteiger partial charge in [-0.1, -0.05) is 18.2 Å². The Bertz CT molecular complexity index is 1060. The van der Waals surface area contributed by atoms with Gasteiger partial charge in [-0.2, -0.15) is 10.2 Å². The first-order valence-corrected chi connectivity index (χ1v) is 8.22. The van der Waals surface area contributed by atoms with E-state index in [2.05, 4.69) is 11.1 Å². The predicted molar refractivity (Wildman–Crippen MR) is 98.9 cm³/mol. The first-order chi connectivity index (χ1) is 12.2. The lowest BCUT2D eigenvalue weighted by Gasteiger charge is -2.08. The molecule has 0 saturated carbocycles. The van der Waals surface area contributed by atoms with Crippen LogP contribution in [-0.2, 0) is 0 Å². The highest BCUT2D eigenvalue weighted by Gasteiger charge is 2.10. The minimum absolute atomic E-state index is 0.320. The number of fused-ring (bicyclic) bond motifs is 1. The van der Waals surface area contributed by atoms with Gasteiger partial charge in [-0.05, 0) is 35.9 Å². The maximum Gasteiger partial charge on any atom is 0.279 e. The van der Waals surface area contributed by atoms with Crippen molar-refractivity contribution in [1.29, 1.82) is 5.26 Å². The van der Waals surface area contributed by atoms with Crippen LogP contribution in [0.25, 0.3) is 21.7 Å². The summed E-state index contributed by atoms with van der Waals surface area (Å²) in [6.07, 6.45) is 1.68. The lowest BCUT2D eigenvalue weighted by molar-refractivity contribution is 0.355. The molecule has 3 rings (SSSR count). The fraction of sp³-hybridized carbons (Fsp3) is 0.105. The van der Waals surface area contributed by atoms with Gasteiger partial charge in [0.1, 0.15) is 11.1 Å². The second-order valence-electron chi connectivity index (χ2n) is 5.10. The predicted octanol–water partition coefficient (Wildman–Crippen LogP) is 3.74. The van der Waals surface area contributed by atoms with Gasteiger partial charge in [0.2, 0.25) is 0 Å². The van der Waals surface area contributed by atoms with Crippen molar-refractivity contribution >= 4 is 33.1 Å². The lowest BCUT2D eigenvalue weighted by Crippen LogP contribution is -2.07. The summed E-state index contributed by atoms with van der Waals surface area (Å²) < 4.78 is 11.3. The Kier molecular flexibility index (Phi) is 4.78. The second-order valence-corrected chi connectivity index (χ2v) is 6.14. The van der Waals surface area contributed by atoms with E-state index in [4.69, 9.17) is 9.47 Å². The molecule has 3 aromatic rings. The van der Waals surface area contributed by atoms with Gasteiger partial charge < -0.3 is 9.47 Å². The summed E-state index contributed by atoms with van der Waals surface area (Å²) >= 11 is 1.31. The highest BCUT2D eigenvalue weighted by Crippen LogP contribution is 2.30. The van der Waals surface area contributed by atoms with E-state index in [1.54, 1.807) is 44.6 Å². The van der Waals surface area contributed by atoms with Crippen LogP contribution >= 0.6 is 11.3 Å². The summed E-state index contributed by atoms with van der Waals surface area (Å²) in [7, 11) is 3.11. The molecule has 6 heteroatoms. The molecule has 0 atom stereocenters. The molecule has 1 heterocycles. The highest BCUT2D eigenvalue weighted by molar-refractivity contribution is 7.19. The Morgan fingerprint density at radius 2 is 1.92 bits per heavy atom. The van der Waals surface area contributed by atoms with Gasteiger partial charge >= 0.3 is 0 Å². The zero-order valence-electron chi connectivity index (χ0n) is 13.6. The largest absolute Gasteiger partial charge is 0.493 e. The molecule has 0 aliphatic heterocycles. The molecule has 0 bridgehead atoms. The van der Waals surface area contributed by atoms with E-state index >= 15 is 0 Å². The van der Waals surface area contributed by atoms with Crippen LogP contribution in [0.3, 0.4) is 0 Å². The van der Waals surface area contributed by atoms with Crippen molar-refractivity contribution in [1.82, 2.24) is 4.98 Å².